The number of methoxy groups -OCH3 is 3. The summed E-state index contributed by atoms with van der Waals surface area (Å²) in [6.45, 7) is 5.64. The Morgan fingerprint density at radius 3 is 2.27 bits per heavy atom. The first-order chi connectivity index (χ1) is 14.4. The summed E-state index contributed by atoms with van der Waals surface area (Å²) in [6.07, 6.45) is 0.652. The standard InChI is InChI=1S/C21H25N3O5S/c1-7-14-11(2)22-21(24-19(14)25)30-10-15-12(3)29-20(23-15)13-8-16(26-4)18(28-6)17(9-13)27-5/h8-9H,7,10H2,1-6H3,(H,22,24,25). The van der Waals surface area contributed by atoms with Crippen molar-refractivity contribution in [2.75, 3.05) is 21.3 Å². The van der Waals surface area contributed by atoms with Gasteiger partial charge in [0.25, 0.3) is 5.56 Å². The minimum absolute atomic E-state index is 0.0949. The summed E-state index contributed by atoms with van der Waals surface area (Å²) in [5.41, 5.74) is 2.84. The third kappa shape index (κ3) is 4.30. The highest BCUT2D eigenvalue weighted by atomic mass is 32.2. The first-order valence-electron chi connectivity index (χ1n) is 9.41. The summed E-state index contributed by atoms with van der Waals surface area (Å²) in [6, 6.07) is 3.57. The molecule has 0 aliphatic carbocycles. The van der Waals surface area contributed by atoms with Gasteiger partial charge in [0, 0.05) is 22.6 Å². The number of ether oxygens (including phenoxy) is 3. The van der Waals surface area contributed by atoms with E-state index in [2.05, 4.69) is 15.0 Å². The quantitative estimate of drug-likeness (QED) is 0.423. The molecule has 1 aromatic carbocycles. The number of benzene rings is 1. The third-order valence-corrected chi connectivity index (χ3v) is 5.59. The van der Waals surface area contributed by atoms with Crippen molar-refractivity contribution in [1.82, 2.24) is 15.0 Å². The molecule has 3 aromatic rings. The molecule has 0 aliphatic rings. The molecule has 0 amide bonds. The molecule has 30 heavy (non-hydrogen) atoms. The Labute approximate surface area is 179 Å². The van der Waals surface area contributed by atoms with Crippen molar-refractivity contribution in [1.29, 1.82) is 0 Å². The van der Waals surface area contributed by atoms with E-state index in [4.69, 9.17) is 18.6 Å². The fourth-order valence-electron chi connectivity index (χ4n) is 3.10. The maximum Gasteiger partial charge on any atom is 0.254 e. The second-order valence-electron chi connectivity index (χ2n) is 6.51. The summed E-state index contributed by atoms with van der Waals surface area (Å²) in [5, 5.41) is 0.562. The first-order valence-corrected chi connectivity index (χ1v) is 10.4. The number of aromatic amines is 1. The zero-order valence-electron chi connectivity index (χ0n) is 17.9. The monoisotopic (exact) mass is 431 g/mol. The minimum atomic E-state index is -0.0949. The van der Waals surface area contributed by atoms with E-state index in [-0.39, 0.29) is 5.56 Å². The summed E-state index contributed by atoms with van der Waals surface area (Å²) in [7, 11) is 4.67. The maximum absolute atomic E-state index is 12.2. The van der Waals surface area contributed by atoms with Gasteiger partial charge in [0.05, 0.1) is 27.0 Å². The van der Waals surface area contributed by atoms with Gasteiger partial charge in [0.1, 0.15) is 5.76 Å². The summed E-state index contributed by atoms with van der Waals surface area (Å²) >= 11 is 1.41. The van der Waals surface area contributed by atoms with Crippen molar-refractivity contribution < 1.29 is 18.6 Å². The van der Waals surface area contributed by atoms with Crippen LogP contribution in [0.1, 0.15) is 29.6 Å². The van der Waals surface area contributed by atoms with Gasteiger partial charge in [-0.2, -0.15) is 0 Å². The Kier molecular flexibility index (Phi) is 6.71. The van der Waals surface area contributed by atoms with Crippen LogP contribution in [0.4, 0.5) is 0 Å². The number of aromatic nitrogens is 3. The molecule has 9 heteroatoms. The molecule has 8 nitrogen and oxygen atoms in total. The van der Waals surface area contributed by atoms with Crippen LogP contribution in [0, 0.1) is 13.8 Å². The Balaban J connectivity index is 1.87. The van der Waals surface area contributed by atoms with Gasteiger partial charge >= 0.3 is 0 Å². The number of oxazole rings is 1. The van der Waals surface area contributed by atoms with E-state index >= 15 is 0 Å². The molecule has 0 atom stereocenters. The van der Waals surface area contributed by atoms with Crippen LogP contribution in [0.3, 0.4) is 0 Å². The number of hydrogen-bond donors (Lipinski definition) is 1. The van der Waals surface area contributed by atoms with Crippen molar-refractivity contribution in [3.8, 4) is 28.7 Å². The summed E-state index contributed by atoms with van der Waals surface area (Å²) in [5.74, 6) is 3.19. The highest BCUT2D eigenvalue weighted by Gasteiger charge is 2.19. The Hall–Kier alpha value is -2.94. The van der Waals surface area contributed by atoms with Crippen molar-refractivity contribution in [3.05, 3.63) is 45.2 Å². The lowest BCUT2D eigenvalue weighted by atomic mass is 10.2. The number of nitrogens with zero attached hydrogens (tertiary/aromatic N) is 2. The molecular weight excluding hydrogens is 406 g/mol. The van der Waals surface area contributed by atoms with E-state index in [1.165, 1.54) is 11.8 Å². The minimum Gasteiger partial charge on any atom is -0.493 e. The van der Waals surface area contributed by atoms with Crippen LogP contribution >= 0.6 is 11.8 Å². The lowest BCUT2D eigenvalue weighted by Gasteiger charge is -2.12. The Morgan fingerprint density at radius 2 is 1.73 bits per heavy atom. The summed E-state index contributed by atoms with van der Waals surface area (Å²) in [4.78, 5) is 24.1. The van der Waals surface area contributed by atoms with Gasteiger partial charge in [-0.25, -0.2) is 9.97 Å². The molecule has 0 saturated carbocycles. The van der Waals surface area contributed by atoms with Gasteiger partial charge in [0.2, 0.25) is 11.6 Å². The SMILES string of the molecule is CCc1c(C)nc(SCc2nc(-c3cc(OC)c(OC)c(OC)c3)oc2C)[nH]c1=O. The lowest BCUT2D eigenvalue weighted by Crippen LogP contribution is -2.16. The molecule has 0 bridgehead atoms. The third-order valence-electron chi connectivity index (χ3n) is 4.70. The van der Waals surface area contributed by atoms with Gasteiger partial charge in [-0.3, -0.25) is 4.79 Å². The first kappa shape index (κ1) is 21.8. The highest BCUT2D eigenvalue weighted by molar-refractivity contribution is 7.98. The number of aryl methyl sites for hydroxylation is 2. The molecule has 2 heterocycles. The van der Waals surface area contributed by atoms with Gasteiger partial charge in [0.15, 0.2) is 16.7 Å². The van der Waals surface area contributed by atoms with Crippen LogP contribution < -0.4 is 19.8 Å². The van der Waals surface area contributed by atoms with E-state index in [0.29, 0.717) is 57.4 Å². The van der Waals surface area contributed by atoms with Gasteiger partial charge in [-0.05, 0) is 32.4 Å². The van der Waals surface area contributed by atoms with E-state index in [9.17, 15) is 4.79 Å². The van der Waals surface area contributed by atoms with E-state index in [1.54, 1.807) is 33.5 Å². The number of hydrogen-bond acceptors (Lipinski definition) is 8. The number of nitrogens with one attached hydrogen (secondary N) is 1. The second-order valence-corrected chi connectivity index (χ2v) is 7.48. The van der Waals surface area contributed by atoms with Crippen LogP contribution in [0.2, 0.25) is 0 Å². The molecule has 0 spiro atoms. The molecule has 2 aromatic heterocycles. The van der Waals surface area contributed by atoms with Crippen LogP contribution in [0.25, 0.3) is 11.5 Å². The average Bonchev–Trinajstić information content (AvgIpc) is 3.11. The topological polar surface area (TPSA) is 99.5 Å². The number of H-pyrrole nitrogens is 1. The molecule has 3 rings (SSSR count). The van der Waals surface area contributed by atoms with Crippen LogP contribution in [-0.2, 0) is 12.2 Å². The van der Waals surface area contributed by atoms with Crippen LogP contribution in [-0.4, -0.2) is 36.3 Å². The predicted octanol–water partition coefficient (Wildman–Crippen LogP) is 3.92. The lowest BCUT2D eigenvalue weighted by molar-refractivity contribution is 0.324. The maximum atomic E-state index is 12.2. The van der Waals surface area contributed by atoms with Crippen molar-refractivity contribution in [2.24, 2.45) is 0 Å². The van der Waals surface area contributed by atoms with Crippen molar-refractivity contribution in [3.63, 3.8) is 0 Å². The number of thioether (sulfide) groups is 1. The molecule has 1 N–H and O–H groups in total. The molecule has 0 unspecified atom stereocenters. The largest absolute Gasteiger partial charge is 0.493 e. The molecule has 0 radical (unpaired) electrons. The Morgan fingerprint density at radius 1 is 1.07 bits per heavy atom. The summed E-state index contributed by atoms with van der Waals surface area (Å²) < 4.78 is 22.0. The van der Waals surface area contributed by atoms with Gasteiger partial charge < -0.3 is 23.6 Å². The number of rotatable bonds is 8. The molecule has 0 aliphatic heterocycles. The fraction of sp³-hybridized carbons (Fsp3) is 0.381. The normalized spacial score (nSPS) is 10.9. The Bertz CT molecular complexity index is 1080. The highest BCUT2D eigenvalue weighted by Crippen LogP contribution is 2.41. The predicted molar refractivity (Wildman–Crippen MR) is 115 cm³/mol. The van der Waals surface area contributed by atoms with E-state index in [0.717, 1.165) is 11.4 Å². The molecule has 0 saturated heterocycles. The van der Waals surface area contributed by atoms with Crippen molar-refractivity contribution >= 4 is 11.8 Å². The second kappa shape index (κ2) is 9.25. The smallest absolute Gasteiger partial charge is 0.254 e. The fourth-order valence-corrected chi connectivity index (χ4v) is 4.00. The zero-order valence-corrected chi connectivity index (χ0v) is 18.7. The van der Waals surface area contributed by atoms with E-state index in [1.807, 2.05) is 20.8 Å². The van der Waals surface area contributed by atoms with Gasteiger partial charge in [-0.15, -0.1) is 0 Å². The van der Waals surface area contributed by atoms with Crippen LogP contribution in [0.15, 0.2) is 26.5 Å². The molecule has 160 valence electrons. The molecule has 0 fully saturated rings. The zero-order chi connectivity index (χ0) is 21.8. The van der Waals surface area contributed by atoms with Gasteiger partial charge in [-0.1, -0.05) is 18.7 Å². The average molecular weight is 432 g/mol. The van der Waals surface area contributed by atoms with Crippen molar-refractivity contribution in [2.45, 2.75) is 38.1 Å². The molecular formula is C21H25N3O5S. The van der Waals surface area contributed by atoms with E-state index < -0.39 is 0 Å². The van der Waals surface area contributed by atoms with Crippen LogP contribution in [0.5, 0.6) is 17.2 Å².